The second-order valence-corrected chi connectivity index (χ2v) is 8.60. The van der Waals surface area contributed by atoms with E-state index in [2.05, 4.69) is 25.2 Å². The number of rotatable bonds is 7. The number of amides is 3. The Morgan fingerprint density at radius 3 is 2.31 bits per heavy atom. The van der Waals surface area contributed by atoms with Gasteiger partial charge in [-0.2, -0.15) is 0 Å². The van der Waals surface area contributed by atoms with Gasteiger partial charge in [0.15, 0.2) is 5.78 Å². The number of anilines is 1. The molecule has 0 unspecified atom stereocenters. The second kappa shape index (κ2) is 7.65. The number of nitrogens with one attached hydrogen (secondary N) is 1. The van der Waals surface area contributed by atoms with Gasteiger partial charge in [-0.15, -0.1) is 0 Å². The number of imide groups is 1. The number of carbonyl (C=O) groups is 3. The van der Waals surface area contributed by atoms with Crippen molar-refractivity contribution in [2.45, 2.75) is 64.3 Å². The van der Waals surface area contributed by atoms with Gasteiger partial charge in [0.25, 0.3) is 5.91 Å². The number of hydrogen-bond acceptors (Lipinski definition) is 4. The molecular formula is C23H31N3O3. The highest BCUT2D eigenvalue weighted by Crippen LogP contribution is 2.46. The highest BCUT2D eigenvalue weighted by atomic mass is 16.2. The van der Waals surface area contributed by atoms with E-state index in [0.717, 1.165) is 34.7 Å². The van der Waals surface area contributed by atoms with Crippen LogP contribution >= 0.6 is 0 Å². The first-order valence-electron chi connectivity index (χ1n) is 10.4. The number of likely N-dealkylation sites (N-methyl/N-ethyl adjacent to an activating group) is 1. The third kappa shape index (κ3) is 3.45. The van der Waals surface area contributed by atoms with Crippen LogP contribution in [0.25, 0.3) is 0 Å². The number of fused-ring (bicyclic) bond motifs is 1. The lowest BCUT2D eigenvalue weighted by atomic mass is 9.83. The SMILES string of the molecule is CCCC1(CCC)NC(=O)N(CC(=O)C=C2N(C)c3ccccc3C2(C)C)C1=O. The van der Waals surface area contributed by atoms with Crippen molar-refractivity contribution in [3.05, 3.63) is 41.6 Å². The van der Waals surface area contributed by atoms with Crippen LogP contribution in [0.4, 0.5) is 10.5 Å². The number of nitrogens with zero attached hydrogens (tertiary/aromatic N) is 2. The molecule has 1 aromatic rings. The molecule has 29 heavy (non-hydrogen) atoms. The zero-order valence-electron chi connectivity index (χ0n) is 18.0. The molecule has 0 saturated carbocycles. The first-order valence-corrected chi connectivity index (χ1v) is 10.4. The van der Waals surface area contributed by atoms with Crippen LogP contribution in [0.2, 0.25) is 0 Å². The van der Waals surface area contributed by atoms with E-state index in [-0.39, 0.29) is 23.7 Å². The van der Waals surface area contributed by atoms with Crippen LogP contribution < -0.4 is 10.2 Å². The fourth-order valence-corrected chi connectivity index (χ4v) is 4.75. The molecule has 6 nitrogen and oxygen atoms in total. The molecule has 0 bridgehead atoms. The van der Waals surface area contributed by atoms with Crippen LogP contribution in [0.5, 0.6) is 0 Å². The molecule has 2 aliphatic heterocycles. The first-order chi connectivity index (χ1) is 13.7. The zero-order chi connectivity index (χ0) is 21.4. The molecule has 0 aromatic heterocycles. The van der Waals surface area contributed by atoms with E-state index >= 15 is 0 Å². The maximum absolute atomic E-state index is 13.0. The van der Waals surface area contributed by atoms with E-state index in [9.17, 15) is 14.4 Å². The maximum Gasteiger partial charge on any atom is 0.325 e. The number of para-hydroxylation sites is 1. The molecule has 0 atom stereocenters. The lowest BCUT2D eigenvalue weighted by Gasteiger charge is -2.26. The van der Waals surface area contributed by atoms with Crippen LogP contribution in [0.3, 0.4) is 0 Å². The molecule has 1 N–H and O–H groups in total. The highest BCUT2D eigenvalue weighted by molar-refractivity contribution is 6.10. The Kier molecular flexibility index (Phi) is 5.57. The van der Waals surface area contributed by atoms with Gasteiger partial charge in [-0.3, -0.25) is 14.5 Å². The van der Waals surface area contributed by atoms with Gasteiger partial charge in [-0.05, 0) is 24.5 Å². The molecule has 2 aliphatic rings. The minimum absolute atomic E-state index is 0.233. The number of urea groups is 1. The summed E-state index contributed by atoms with van der Waals surface area (Å²) in [6.45, 7) is 7.91. The van der Waals surface area contributed by atoms with E-state index in [1.165, 1.54) is 0 Å². The summed E-state index contributed by atoms with van der Waals surface area (Å²) < 4.78 is 0. The summed E-state index contributed by atoms with van der Waals surface area (Å²) in [7, 11) is 1.94. The normalized spacial score (nSPS) is 20.9. The Morgan fingerprint density at radius 2 is 1.72 bits per heavy atom. The summed E-state index contributed by atoms with van der Waals surface area (Å²) in [5.74, 6) is -0.527. The summed E-state index contributed by atoms with van der Waals surface area (Å²) >= 11 is 0. The molecule has 1 fully saturated rings. The van der Waals surface area contributed by atoms with Crippen molar-refractivity contribution in [3.8, 4) is 0 Å². The van der Waals surface area contributed by atoms with Gasteiger partial charge in [-0.25, -0.2) is 4.79 Å². The van der Waals surface area contributed by atoms with Crippen molar-refractivity contribution in [2.75, 3.05) is 18.5 Å². The van der Waals surface area contributed by atoms with Gasteiger partial charge >= 0.3 is 6.03 Å². The summed E-state index contributed by atoms with van der Waals surface area (Å²) in [6, 6.07) is 7.60. The molecule has 0 aliphatic carbocycles. The smallest absolute Gasteiger partial charge is 0.325 e. The van der Waals surface area contributed by atoms with Crippen LogP contribution in [0, 0.1) is 0 Å². The Labute approximate surface area is 172 Å². The molecular weight excluding hydrogens is 366 g/mol. The van der Waals surface area contributed by atoms with Crippen LogP contribution in [-0.2, 0) is 15.0 Å². The number of benzene rings is 1. The lowest BCUT2D eigenvalue weighted by Crippen LogP contribution is -2.47. The van der Waals surface area contributed by atoms with Gasteiger partial charge in [0, 0.05) is 29.9 Å². The number of ketones is 1. The molecule has 2 heterocycles. The molecule has 1 saturated heterocycles. The van der Waals surface area contributed by atoms with Gasteiger partial charge in [0.05, 0.1) is 6.54 Å². The van der Waals surface area contributed by atoms with Crippen LogP contribution in [0.15, 0.2) is 36.0 Å². The molecule has 3 rings (SSSR count). The third-order valence-corrected chi connectivity index (χ3v) is 6.15. The van der Waals surface area contributed by atoms with Crippen molar-refractivity contribution in [1.29, 1.82) is 0 Å². The van der Waals surface area contributed by atoms with Crippen LogP contribution in [0.1, 0.15) is 58.9 Å². The highest BCUT2D eigenvalue weighted by Gasteiger charge is 2.50. The van der Waals surface area contributed by atoms with E-state index in [4.69, 9.17) is 0 Å². The van der Waals surface area contributed by atoms with Gasteiger partial charge in [0.1, 0.15) is 5.54 Å². The lowest BCUT2D eigenvalue weighted by molar-refractivity contribution is -0.134. The van der Waals surface area contributed by atoms with E-state index in [1.54, 1.807) is 6.08 Å². The number of allylic oxidation sites excluding steroid dienone is 1. The standard InChI is InChI=1S/C23H31N3O3/c1-6-12-23(13-7-2)20(28)26(21(29)24-23)15-16(27)14-19-22(3,4)17-10-8-9-11-18(17)25(19)5/h8-11,14H,6-7,12-13,15H2,1-5H3,(H,24,29). The Morgan fingerprint density at radius 1 is 1.10 bits per heavy atom. The van der Waals surface area contributed by atoms with Crippen molar-refractivity contribution < 1.29 is 14.4 Å². The van der Waals surface area contributed by atoms with E-state index in [1.807, 2.05) is 44.0 Å². The largest absolute Gasteiger partial charge is 0.347 e. The summed E-state index contributed by atoms with van der Waals surface area (Å²) in [5, 5.41) is 2.86. The Bertz CT molecular complexity index is 866. The van der Waals surface area contributed by atoms with Crippen molar-refractivity contribution in [1.82, 2.24) is 10.2 Å². The van der Waals surface area contributed by atoms with Gasteiger partial charge < -0.3 is 10.2 Å². The van der Waals surface area contributed by atoms with Crippen LogP contribution in [-0.4, -0.2) is 41.8 Å². The Balaban J connectivity index is 1.82. The third-order valence-electron chi connectivity index (χ3n) is 6.15. The zero-order valence-corrected chi connectivity index (χ0v) is 18.0. The number of hydrogen-bond donors (Lipinski definition) is 1. The quantitative estimate of drug-likeness (QED) is 0.562. The predicted molar refractivity (Wildman–Crippen MR) is 114 cm³/mol. The molecule has 156 valence electrons. The minimum Gasteiger partial charge on any atom is -0.347 e. The maximum atomic E-state index is 13.0. The average molecular weight is 398 g/mol. The fraction of sp³-hybridized carbons (Fsp3) is 0.522. The average Bonchev–Trinajstić information content (AvgIpc) is 3.00. The van der Waals surface area contributed by atoms with Crippen molar-refractivity contribution in [3.63, 3.8) is 0 Å². The molecule has 0 radical (unpaired) electrons. The second-order valence-electron chi connectivity index (χ2n) is 8.60. The molecule has 1 aromatic carbocycles. The summed E-state index contributed by atoms with van der Waals surface area (Å²) in [4.78, 5) is 41.5. The van der Waals surface area contributed by atoms with Gasteiger partial charge in [-0.1, -0.05) is 58.7 Å². The monoisotopic (exact) mass is 397 g/mol. The van der Waals surface area contributed by atoms with Gasteiger partial charge in [0.2, 0.25) is 0 Å². The number of carbonyl (C=O) groups excluding carboxylic acids is 3. The fourth-order valence-electron chi connectivity index (χ4n) is 4.75. The first kappa shape index (κ1) is 21.1. The van der Waals surface area contributed by atoms with E-state index in [0.29, 0.717) is 12.8 Å². The van der Waals surface area contributed by atoms with Crippen molar-refractivity contribution >= 4 is 23.4 Å². The summed E-state index contributed by atoms with van der Waals surface area (Å²) in [5.41, 5.74) is 1.89. The topological polar surface area (TPSA) is 69.7 Å². The van der Waals surface area contributed by atoms with Crippen molar-refractivity contribution in [2.24, 2.45) is 0 Å². The minimum atomic E-state index is -0.867. The molecule has 6 heteroatoms. The van der Waals surface area contributed by atoms with E-state index < -0.39 is 11.6 Å². The molecule has 0 spiro atoms. The predicted octanol–water partition coefficient (Wildman–Crippen LogP) is 3.76. The molecule has 3 amide bonds. The summed E-state index contributed by atoms with van der Waals surface area (Å²) in [6.07, 6.45) is 4.33. The Hall–Kier alpha value is -2.63.